The highest BCUT2D eigenvalue weighted by Gasteiger charge is 2.29. The van der Waals surface area contributed by atoms with Crippen molar-refractivity contribution in [1.29, 1.82) is 5.26 Å². The highest BCUT2D eigenvalue weighted by molar-refractivity contribution is 7.89. The van der Waals surface area contributed by atoms with Crippen LogP contribution in [0.5, 0.6) is 0 Å². The fourth-order valence-electron chi connectivity index (χ4n) is 2.92. The Labute approximate surface area is 163 Å². The van der Waals surface area contributed by atoms with E-state index in [-0.39, 0.29) is 36.3 Å². The van der Waals surface area contributed by atoms with E-state index < -0.39 is 10.0 Å². The van der Waals surface area contributed by atoms with Crippen LogP contribution in [0.15, 0.2) is 53.4 Å². The summed E-state index contributed by atoms with van der Waals surface area (Å²) in [5.41, 5.74) is 0.907. The predicted octanol–water partition coefficient (Wildman–Crippen LogP) is 1.64. The van der Waals surface area contributed by atoms with Gasteiger partial charge >= 0.3 is 0 Å². The summed E-state index contributed by atoms with van der Waals surface area (Å²) >= 11 is 0. The first kappa shape index (κ1) is 19.9. The Morgan fingerprint density at radius 2 is 1.64 bits per heavy atom. The van der Waals surface area contributed by atoms with Crippen LogP contribution in [0.2, 0.25) is 0 Å². The maximum atomic E-state index is 12.9. The number of sulfonamides is 1. The summed E-state index contributed by atoms with van der Waals surface area (Å²) in [4.78, 5) is 14.1. The number of nitrogens with zero attached hydrogens (tertiary/aromatic N) is 3. The molecule has 3 rings (SSSR count). The molecule has 0 atom stereocenters. The Morgan fingerprint density at radius 3 is 2.21 bits per heavy atom. The van der Waals surface area contributed by atoms with Gasteiger partial charge in [0.2, 0.25) is 15.9 Å². The molecule has 0 aromatic heterocycles. The lowest BCUT2D eigenvalue weighted by atomic mass is 10.2. The molecule has 2 aromatic rings. The first-order valence-corrected chi connectivity index (χ1v) is 10.1. The summed E-state index contributed by atoms with van der Waals surface area (Å²) in [5.74, 6) is -0.618. The number of halogens is 1. The van der Waals surface area contributed by atoms with Gasteiger partial charge < -0.3 is 5.32 Å². The van der Waals surface area contributed by atoms with Gasteiger partial charge in [0.25, 0.3) is 0 Å². The second-order valence-corrected chi connectivity index (χ2v) is 8.31. The van der Waals surface area contributed by atoms with Crippen LogP contribution in [-0.2, 0) is 14.8 Å². The zero-order valence-electron chi connectivity index (χ0n) is 15.0. The third-order valence-corrected chi connectivity index (χ3v) is 6.36. The number of rotatable bonds is 5. The standard InChI is InChI=1S/C19H19FN4O3S/c20-16-3-5-17(6-4-16)22-19(25)14-23-9-11-24(12-10-23)28(26,27)18-7-1-15(13-21)2-8-18/h1-8H,9-12,14H2,(H,22,25). The Hall–Kier alpha value is -2.80. The summed E-state index contributed by atoms with van der Waals surface area (Å²) in [6.07, 6.45) is 0. The molecule has 2 aromatic carbocycles. The Kier molecular flexibility index (Phi) is 6.04. The number of hydrogen-bond acceptors (Lipinski definition) is 5. The summed E-state index contributed by atoms with van der Waals surface area (Å²) in [5, 5.41) is 11.5. The molecule has 1 N–H and O–H groups in total. The van der Waals surface area contributed by atoms with Gasteiger partial charge in [-0.3, -0.25) is 9.69 Å². The molecule has 1 aliphatic rings. The summed E-state index contributed by atoms with van der Waals surface area (Å²) in [6.45, 7) is 1.51. The molecule has 0 saturated carbocycles. The van der Waals surface area contributed by atoms with E-state index in [2.05, 4.69) is 5.32 Å². The number of nitriles is 1. The molecule has 0 unspecified atom stereocenters. The third-order valence-electron chi connectivity index (χ3n) is 4.45. The van der Waals surface area contributed by atoms with Gasteiger partial charge in [-0.05, 0) is 48.5 Å². The van der Waals surface area contributed by atoms with E-state index in [4.69, 9.17) is 5.26 Å². The van der Waals surface area contributed by atoms with Crippen molar-refractivity contribution in [1.82, 2.24) is 9.21 Å². The SMILES string of the molecule is N#Cc1ccc(S(=O)(=O)N2CCN(CC(=O)Nc3ccc(F)cc3)CC2)cc1. The molecule has 0 aliphatic carbocycles. The van der Waals surface area contributed by atoms with E-state index in [1.54, 1.807) is 0 Å². The van der Waals surface area contributed by atoms with Crippen molar-refractivity contribution in [3.63, 3.8) is 0 Å². The fraction of sp³-hybridized carbons (Fsp3) is 0.263. The molecule has 1 fully saturated rings. The minimum atomic E-state index is -3.63. The van der Waals surface area contributed by atoms with Crippen LogP contribution in [0.4, 0.5) is 10.1 Å². The molecule has 1 aliphatic heterocycles. The average Bonchev–Trinajstić information content (AvgIpc) is 2.70. The molecule has 1 amide bonds. The van der Waals surface area contributed by atoms with E-state index in [9.17, 15) is 17.6 Å². The van der Waals surface area contributed by atoms with Crippen LogP contribution in [-0.4, -0.2) is 56.3 Å². The van der Waals surface area contributed by atoms with Crippen LogP contribution in [0, 0.1) is 17.1 Å². The van der Waals surface area contributed by atoms with Crippen LogP contribution in [0.25, 0.3) is 0 Å². The molecule has 0 bridgehead atoms. The lowest BCUT2D eigenvalue weighted by Gasteiger charge is -2.33. The number of nitrogens with one attached hydrogen (secondary N) is 1. The van der Waals surface area contributed by atoms with Crippen LogP contribution in [0.3, 0.4) is 0 Å². The Bertz CT molecular complexity index is 977. The maximum absolute atomic E-state index is 12.9. The van der Waals surface area contributed by atoms with Gasteiger partial charge in [-0.25, -0.2) is 12.8 Å². The normalized spacial score (nSPS) is 15.7. The number of carbonyl (C=O) groups is 1. The average molecular weight is 402 g/mol. The highest BCUT2D eigenvalue weighted by Crippen LogP contribution is 2.18. The quantitative estimate of drug-likeness (QED) is 0.821. The van der Waals surface area contributed by atoms with Crippen molar-refractivity contribution < 1.29 is 17.6 Å². The molecule has 7 nitrogen and oxygen atoms in total. The van der Waals surface area contributed by atoms with E-state index in [0.717, 1.165) is 0 Å². The van der Waals surface area contributed by atoms with Crippen LogP contribution >= 0.6 is 0 Å². The van der Waals surface area contributed by atoms with Crippen molar-refractivity contribution in [2.45, 2.75) is 4.90 Å². The summed E-state index contributed by atoms with van der Waals surface area (Å²) < 4.78 is 39.7. The zero-order valence-corrected chi connectivity index (χ0v) is 15.8. The van der Waals surface area contributed by atoms with Gasteiger partial charge in [0, 0.05) is 31.9 Å². The minimum absolute atomic E-state index is 0.127. The monoisotopic (exact) mass is 402 g/mol. The van der Waals surface area contributed by atoms with E-state index in [0.29, 0.717) is 24.3 Å². The first-order chi connectivity index (χ1) is 13.4. The van der Waals surface area contributed by atoms with Gasteiger partial charge in [0.05, 0.1) is 23.1 Å². The second kappa shape index (κ2) is 8.48. The smallest absolute Gasteiger partial charge is 0.243 e. The molecular weight excluding hydrogens is 383 g/mol. The Morgan fingerprint density at radius 1 is 1.04 bits per heavy atom. The largest absolute Gasteiger partial charge is 0.325 e. The van der Waals surface area contributed by atoms with Crippen molar-refractivity contribution in [3.8, 4) is 6.07 Å². The van der Waals surface area contributed by atoms with Crippen molar-refractivity contribution in [3.05, 3.63) is 59.9 Å². The van der Waals surface area contributed by atoms with Gasteiger partial charge in [-0.1, -0.05) is 0 Å². The van der Waals surface area contributed by atoms with Crippen LogP contribution < -0.4 is 5.32 Å². The molecule has 1 heterocycles. The predicted molar refractivity (Wildman–Crippen MR) is 101 cm³/mol. The topological polar surface area (TPSA) is 93.5 Å². The molecule has 28 heavy (non-hydrogen) atoms. The lowest BCUT2D eigenvalue weighted by Crippen LogP contribution is -2.50. The minimum Gasteiger partial charge on any atom is -0.325 e. The molecule has 0 radical (unpaired) electrons. The molecule has 146 valence electrons. The second-order valence-electron chi connectivity index (χ2n) is 6.37. The lowest BCUT2D eigenvalue weighted by molar-refractivity contribution is -0.117. The van der Waals surface area contributed by atoms with Crippen molar-refractivity contribution in [2.75, 3.05) is 38.0 Å². The van der Waals surface area contributed by atoms with Crippen molar-refractivity contribution in [2.24, 2.45) is 0 Å². The number of anilines is 1. The fourth-order valence-corrected chi connectivity index (χ4v) is 4.34. The number of carbonyl (C=O) groups excluding carboxylic acids is 1. The zero-order chi connectivity index (χ0) is 20.1. The van der Waals surface area contributed by atoms with E-state index >= 15 is 0 Å². The maximum Gasteiger partial charge on any atom is 0.243 e. The first-order valence-electron chi connectivity index (χ1n) is 8.66. The number of hydrogen-bond donors (Lipinski definition) is 1. The summed E-state index contributed by atoms with van der Waals surface area (Å²) in [7, 11) is -3.63. The van der Waals surface area contributed by atoms with Gasteiger partial charge in [0.1, 0.15) is 5.82 Å². The van der Waals surface area contributed by atoms with Gasteiger partial charge in [-0.15, -0.1) is 0 Å². The molecule has 1 saturated heterocycles. The number of amides is 1. The third kappa shape index (κ3) is 4.72. The number of piperazine rings is 1. The molecular formula is C19H19FN4O3S. The molecule has 0 spiro atoms. The van der Waals surface area contributed by atoms with Gasteiger partial charge in [-0.2, -0.15) is 9.57 Å². The summed E-state index contributed by atoms with van der Waals surface area (Å²) in [6, 6.07) is 13.3. The molecule has 9 heteroatoms. The Balaban J connectivity index is 1.54. The highest BCUT2D eigenvalue weighted by atomic mass is 32.2. The van der Waals surface area contributed by atoms with E-state index in [1.165, 1.54) is 52.8 Å². The van der Waals surface area contributed by atoms with Crippen molar-refractivity contribution >= 4 is 21.6 Å². The van der Waals surface area contributed by atoms with E-state index in [1.807, 2.05) is 11.0 Å². The van der Waals surface area contributed by atoms with Crippen LogP contribution in [0.1, 0.15) is 5.56 Å². The van der Waals surface area contributed by atoms with Gasteiger partial charge in [0.15, 0.2) is 0 Å². The number of benzene rings is 2.